The number of carbonyl (C=O) groups is 1. The predicted octanol–water partition coefficient (Wildman–Crippen LogP) is 4.21. The van der Waals surface area contributed by atoms with Gasteiger partial charge in [0.2, 0.25) is 0 Å². The molecule has 0 bridgehead atoms. The number of nitrogens with zero attached hydrogens (tertiary/aromatic N) is 1. The van der Waals surface area contributed by atoms with Crippen molar-refractivity contribution in [2.45, 2.75) is 6.42 Å². The molecule has 3 aromatic rings. The number of hydrogen-bond acceptors (Lipinski definition) is 2. The van der Waals surface area contributed by atoms with Crippen LogP contribution in [0, 0.1) is 0 Å². The van der Waals surface area contributed by atoms with Gasteiger partial charge in [0.25, 0.3) is 0 Å². The van der Waals surface area contributed by atoms with Crippen molar-refractivity contribution < 1.29 is 9.90 Å². The second-order valence-electron chi connectivity index (χ2n) is 5.30. The molecule has 0 spiro atoms. The highest BCUT2D eigenvalue weighted by atomic mass is 35.5. The number of aromatic nitrogens is 2. The summed E-state index contributed by atoms with van der Waals surface area (Å²) < 4.78 is 0. The molecule has 0 aliphatic heterocycles. The van der Waals surface area contributed by atoms with Crippen molar-refractivity contribution in [3.05, 3.63) is 65.6 Å². The summed E-state index contributed by atoms with van der Waals surface area (Å²) in [7, 11) is 0. The van der Waals surface area contributed by atoms with E-state index in [1.54, 1.807) is 0 Å². The molecule has 0 atom stereocenters. The van der Waals surface area contributed by atoms with Crippen LogP contribution in [0.4, 0.5) is 4.79 Å². The van der Waals surface area contributed by atoms with E-state index < -0.39 is 6.09 Å². The molecular weight excluding hydrogens is 326 g/mol. The van der Waals surface area contributed by atoms with E-state index in [0.29, 0.717) is 13.0 Å². The molecule has 0 fully saturated rings. The highest BCUT2D eigenvalue weighted by Gasteiger charge is 2.05. The topological polar surface area (TPSA) is 78.0 Å². The minimum absolute atomic E-state index is 0.331. The average Bonchev–Trinajstić information content (AvgIpc) is 3.04. The van der Waals surface area contributed by atoms with Gasteiger partial charge in [-0.3, -0.25) is 0 Å². The minimum Gasteiger partial charge on any atom is -0.465 e. The van der Waals surface area contributed by atoms with E-state index in [4.69, 9.17) is 16.7 Å². The van der Waals surface area contributed by atoms with Gasteiger partial charge in [-0.05, 0) is 23.3 Å². The largest absolute Gasteiger partial charge is 0.465 e. The summed E-state index contributed by atoms with van der Waals surface area (Å²) in [5, 5.41) is 11.6. The van der Waals surface area contributed by atoms with E-state index in [1.807, 2.05) is 54.7 Å². The van der Waals surface area contributed by atoms with Gasteiger partial charge in [0, 0.05) is 29.7 Å². The van der Waals surface area contributed by atoms with Gasteiger partial charge in [0.1, 0.15) is 5.82 Å². The molecule has 24 heavy (non-hydrogen) atoms. The molecule has 3 rings (SSSR count). The zero-order valence-corrected chi connectivity index (χ0v) is 13.5. The van der Waals surface area contributed by atoms with Gasteiger partial charge in [0.15, 0.2) is 0 Å². The summed E-state index contributed by atoms with van der Waals surface area (Å²) >= 11 is 5.91. The highest BCUT2D eigenvalue weighted by Crippen LogP contribution is 2.25. The molecule has 0 unspecified atom stereocenters. The number of hydrogen-bond donors (Lipinski definition) is 3. The molecule has 0 radical (unpaired) electrons. The lowest BCUT2D eigenvalue weighted by atomic mass is 10.0. The molecule has 2 aromatic carbocycles. The Bertz CT molecular complexity index is 826. The lowest BCUT2D eigenvalue weighted by Crippen LogP contribution is -2.23. The van der Waals surface area contributed by atoms with Crippen molar-refractivity contribution in [3.8, 4) is 22.4 Å². The van der Waals surface area contributed by atoms with Gasteiger partial charge in [0.05, 0.1) is 5.69 Å². The van der Waals surface area contributed by atoms with Crippen LogP contribution in [0.3, 0.4) is 0 Å². The van der Waals surface area contributed by atoms with Crippen molar-refractivity contribution in [1.29, 1.82) is 0 Å². The van der Waals surface area contributed by atoms with E-state index in [2.05, 4.69) is 15.3 Å². The monoisotopic (exact) mass is 341 g/mol. The van der Waals surface area contributed by atoms with Crippen LogP contribution in [0.15, 0.2) is 54.7 Å². The van der Waals surface area contributed by atoms with E-state index >= 15 is 0 Å². The maximum absolute atomic E-state index is 10.4. The van der Waals surface area contributed by atoms with Gasteiger partial charge in [-0.25, -0.2) is 9.78 Å². The molecule has 0 aliphatic rings. The number of amides is 1. The van der Waals surface area contributed by atoms with E-state index in [1.165, 1.54) is 0 Å². The number of nitrogens with one attached hydrogen (secondary N) is 2. The zero-order valence-electron chi connectivity index (χ0n) is 12.8. The fraction of sp³-hybridized carbons (Fsp3) is 0.111. The molecule has 0 saturated heterocycles. The smallest absolute Gasteiger partial charge is 0.404 e. The highest BCUT2D eigenvalue weighted by molar-refractivity contribution is 6.30. The Balaban J connectivity index is 1.70. The average molecular weight is 342 g/mol. The third kappa shape index (κ3) is 3.94. The van der Waals surface area contributed by atoms with Crippen LogP contribution >= 0.6 is 11.6 Å². The number of aromatic amines is 1. The summed E-state index contributed by atoms with van der Waals surface area (Å²) in [5.74, 6) is 0.750. The lowest BCUT2D eigenvalue weighted by Gasteiger charge is -2.03. The Morgan fingerprint density at radius 1 is 1.04 bits per heavy atom. The molecule has 122 valence electrons. The third-order valence-corrected chi connectivity index (χ3v) is 3.88. The number of carboxylic acid groups (broad SMARTS) is 1. The van der Waals surface area contributed by atoms with Gasteiger partial charge < -0.3 is 15.4 Å². The molecule has 0 saturated carbocycles. The lowest BCUT2D eigenvalue weighted by molar-refractivity contribution is 0.194. The third-order valence-electron chi connectivity index (χ3n) is 3.63. The number of rotatable bonds is 5. The van der Waals surface area contributed by atoms with Crippen molar-refractivity contribution in [2.75, 3.05) is 6.54 Å². The SMILES string of the molecule is O=C(O)NCCc1nc(-c2ccc(-c3ccc(Cl)cc3)cc2)c[nH]1. The van der Waals surface area contributed by atoms with Crippen molar-refractivity contribution in [3.63, 3.8) is 0 Å². The number of H-pyrrole nitrogens is 1. The van der Waals surface area contributed by atoms with Gasteiger partial charge in [-0.1, -0.05) is 48.0 Å². The number of benzene rings is 2. The summed E-state index contributed by atoms with van der Waals surface area (Å²) in [6.07, 6.45) is 1.32. The normalized spacial score (nSPS) is 10.5. The van der Waals surface area contributed by atoms with Crippen LogP contribution in [0.5, 0.6) is 0 Å². The van der Waals surface area contributed by atoms with Crippen LogP contribution < -0.4 is 5.32 Å². The second-order valence-corrected chi connectivity index (χ2v) is 5.74. The maximum atomic E-state index is 10.4. The summed E-state index contributed by atoms with van der Waals surface area (Å²) in [6.45, 7) is 0.331. The van der Waals surface area contributed by atoms with Gasteiger partial charge >= 0.3 is 6.09 Å². The summed E-state index contributed by atoms with van der Waals surface area (Å²) in [4.78, 5) is 18.0. The van der Waals surface area contributed by atoms with Crippen LogP contribution in [0.25, 0.3) is 22.4 Å². The summed E-state index contributed by atoms with van der Waals surface area (Å²) in [5.41, 5.74) is 4.05. The summed E-state index contributed by atoms with van der Waals surface area (Å²) in [6, 6.07) is 15.8. The van der Waals surface area contributed by atoms with Crippen LogP contribution in [-0.2, 0) is 6.42 Å². The maximum Gasteiger partial charge on any atom is 0.404 e. The quantitative estimate of drug-likeness (QED) is 0.650. The Hall–Kier alpha value is -2.79. The molecule has 1 heterocycles. The minimum atomic E-state index is -1.03. The van der Waals surface area contributed by atoms with Crippen LogP contribution in [0.2, 0.25) is 5.02 Å². The first-order chi connectivity index (χ1) is 11.6. The molecule has 0 aliphatic carbocycles. The Kier molecular flexibility index (Phi) is 4.82. The van der Waals surface area contributed by atoms with Crippen molar-refractivity contribution >= 4 is 17.7 Å². The molecule has 1 amide bonds. The van der Waals surface area contributed by atoms with E-state index in [-0.39, 0.29) is 0 Å². The Morgan fingerprint density at radius 3 is 2.25 bits per heavy atom. The molecule has 1 aromatic heterocycles. The first kappa shape index (κ1) is 16.1. The van der Waals surface area contributed by atoms with E-state index in [9.17, 15) is 4.79 Å². The Labute approximate surface area is 144 Å². The Morgan fingerprint density at radius 2 is 1.62 bits per heavy atom. The number of imidazole rings is 1. The fourth-order valence-electron chi connectivity index (χ4n) is 2.40. The molecule has 6 heteroatoms. The molecule has 5 nitrogen and oxygen atoms in total. The van der Waals surface area contributed by atoms with Crippen LogP contribution in [0.1, 0.15) is 5.82 Å². The van der Waals surface area contributed by atoms with Gasteiger partial charge in [-0.2, -0.15) is 0 Å². The van der Waals surface area contributed by atoms with Crippen molar-refractivity contribution in [1.82, 2.24) is 15.3 Å². The molecular formula is C18H16ClN3O2. The number of halogens is 1. The standard InChI is InChI=1S/C18H16ClN3O2/c19-15-7-5-13(6-8-15)12-1-3-14(4-2-12)16-11-21-17(22-16)9-10-20-18(23)24/h1-8,11,20H,9-10H2,(H,21,22)(H,23,24). The van der Waals surface area contributed by atoms with Gasteiger partial charge in [-0.15, -0.1) is 0 Å². The van der Waals surface area contributed by atoms with E-state index in [0.717, 1.165) is 33.2 Å². The van der Waals surface area contributed by atoms with Crippen LogP contribution in [-0.4, -0.2) is 27.7 Å². The first-order valence-corrected chi connectivity index (χ1v) is 7.87. The second kappa shape index (κ2) is 7.19. The zero-order chi connectivity index (χ0) is 16.9. The molecule has 3 N–H and O–H groups in total. The predicted molar refractivity (Wildman–Crippen MR) is 94.2 cm³/mol. The first-order valence-electron chi connectivity index (χ1n) is 7.49. The fourth-order valence-corrected chi connectivity index (χ4v) is 2.53. The van der Waals surface area contributed by atoms with Crippen molar-refractivity contribution in [2.24, 2.45) is 0 Å².